The number of ketones is 1. The summed E-state index contributed by atoms with van der Waals surface area (Å²) in [7, 11) is 0. The standard InChI is InChI=1S/C11H21NO5/c1-10(13)9-17-8-7-16-6-5-15-4-3-12-11(2)14/h3-9H2,1-2H3,(H,12,14). The van der Waals surface area contributed by atoms with E-state index >= 15 is 0 Å². The van der Waals surface area contributed by atoms with Crippen molar-refractivity contribution >= 4 is 11.7 Å². The summed E-state index contributed by atoms with van der Waals surface area (Å²) in [5.41, 5.74) is 0. The zero-order valence-corrected chi connectivity index (χ0v) is 10.5. The van der Waals surface area contributed by atoms with Crippen molar-refractivity contribution in [2.45, 2.75) is 13.8 Å². The second-order valence-corrected chi connectivity index (χ2v) is 3.46. The summed E-state index contributed by atoms with van der Waals surface area (Å²) in [6.45, 7) is 5.87. The van der Waals surface area contributed by atoms with Gasteiger partial charge in [0.25, 0.3) is 0 Å². The Bertz CT molecular complexity index is 198. The highest BCUT2D eigenvalue weighted by Crippen LogP contribution is 1.81. The monoisotopic (exact) mass is 247 g/mol. The third kappa shape index (κ3) is 15.0. The predicted molar refractivity (Wildman–Crippen MR) is 61.8 cm³/mol. The highest BCUT2D eigenvalue weighted by Gasteiger charge is 1.94. The number of hydrogen-bond acceptors (Lipinski definition) is 5. The lowest BCUT2D eigenvalue weighted by molar-refractivity contribution is -0.122. The molecule has 100 valence electrons. The Hall–Kier alpha value is -0.980. The van der Waals surface area contributed by atoms with E-state index < -0.39 is 0 Å². The van der Waals surface area contributed by atoms with Crippen molar-refractivity contribution in [2.24, 2.45) is 0 Å². The molecule has 0 saturated carbocycles. The first kappa shape index (κ1) is 16.0. The van der Waals surface area contributed by atoms with Crippen molar-refractivity contribution in [3.8, 4) is 0 Å². The van der Waals surface area contributed by atoms with Gasteiger partial charge in [-0.05, 0) is 6.92 Å². The average Bonchev–Trinajstić information content (AvgIpc) is 2.25. The van der Waals surface area contributed by atoms with Crippen molar-refractivity contribution in [1.29, 1.82) is 0 Å². The van der Waals surface area contributed by atoms with E-state index in [0.717, 1.165) is 0 Å². The minimum Gasteiger partial charge on any atom is -0.377 e. The van der Waals surface area contributed by atoms with E-state index in [1.54, 1.807) is 0 Å². The van der Waals surface area contributed by atoms with Gasteiger partial charge in [0, 0.05) is 13.5 Å². The highest BCUT2D eigenvalue weighted by molar-refractivity contribution is 5.76. The lowest BCUT2D eigenvalue weighted by atomic mass is 10.5. The van der Waals surface area contributed by atoms with Crippen LogP contribution >= 0.6 is 0 Å². The van der Waals surface area contributed by atoms with Crippen molar-refractivity contribution in [3.05, 3.63) is 0 Å². The van der Waals surface area contributed by atoms with Crippen LogP contribution < -0.4 is 5.32 Å². The fourth-order valence-electron chi connectivity index (χ4n) is 0.955. The predicted octanol–water partition coefficient (Wildman–Crippen LogP) is -0.239. The first-order chi connectivity index (χ1) is 8.13. The Kier molecular flexibility index (Phi) is 10.8. The SMILES string of the molecule is CC(=O)COCCOCCOCCNC(C)=O. The fourth-order valence-corrected chi connectivity index (χ4v) is 0.955. The first-order valence-electron chi connectivity index (χ1n) is 5.60. The summed E-state index contributed by atoms with van der Waals surface area (Å²) < 4.78 is 15.4. The number of carbonyl (C=O) groups excluding carboxylic acids is 2. The van der Waals surface area contributed by atoms with Gasteiger partial charge in [0.2, 0.25) is 5.91 Å². The average molecular weight is 247 g/mol. The maximum atomic E-state index is 10.5. The van der Waals surface area contributed by atoms with Crippen LogP contribution in [0.5, 0.6) is 0 Å². The molecule has 0 aliphatic rings. The molecule has 0 bridgehead atoms. The molecule has 0 atom stereocenters. The molecule has 1 amide bonds. The number of nitrogens with one attached hydrogen (secondary N) is 1. The highest BCUT2D eigenvalue weighted by atomic mass is 16.5. The molecule has 0 aromatic heterocycles. The Morgan fingerprint density at radius 1 is 0.882 bits per heavy atom. The normalized spacial score (nSPS) is 10.2. The number of rotatable bonds is 11. The molecule has 0 fully saturated rings. The van der Waals surface area contributed by atoms with E-state index in [4.69, 9.17) is 14.2 Å². The Morgan fingerprint density at radius 2 is 1.41 bits per heavy atom. The molecule has 0 unspecified atom stereocenters. The maximum absolute atomic E-state index is 10.5. The summed E-state index contributed by atoms with van der Waals surface area (Å²) >= 11 is 0. The van der Waals surface area contributed by atoms with Gasteiger partial charge in [-0.3, -0.25) is 9.59 Å². The van der Waals surface area contributed by atoms with E-state index in [2.05, 4.69) is 5.32 Å². The van der Waals surface area contributed by atoms with Crippen LogP contribution in [0.1, 0.15) is 13.8 Å². The zero-order valence-electron chi connectivity index (χ0n) is 10.5. The van der Waals surface area contributed by atoms with Crippen LogP contribution in [0.25, 0.3) is 0 Å². The molecule has 0 aromatic carbocycles. The van der Waals surface area contributed by atoms with Crippen LogP contribution in [0.3, 0.4) is 0 Å². The molecule has 6 heteroatoms. The molecule has 1 N–H and O–H groups in total. The zero-order chi connectivity index (χ0) is 12.9. The van der Waals surface area contributed by atoms with E-state index in [0.29, 0.717) is 39.6 Å². The molecule has 0 saturated heterocycles. The van der Waals surface area contributed by atoms with Crippen LogP contribution in [-0.4, -0.2) is 57.9 Å². The Morgan fingerprint density at radius 3 is 1.94 bits per heavy atom. The molecule has 0 heterocycles. The van der Waals surface area contributed by atoms with Gasteiger partial charge in [0.1, 0.15) is 6.61 Å². The van der Waals surface area contributed by atoms with Gasteiger partial charge in [-0.2, -0.15) is 0 Å². The summed E-state index contributed by atoms with van der Waals surface area (Å²) in [5, 5.41) is 2.62. The third-order valence-corrected chi connectivity index (χ3v) is 1.67. The molecule has 0 aliphatic heterocycles. The minimum atomic E-state index is -0.0625. The van der Waals surface area contributed by atoms with Gasteiger partial charge in [-0.25, -0.2) is 0 Å². The topological polar surface area (TPSA) is 73.9 Å². The Balaban J connectivity index is 2.98. The minimum absolute atomic E-state index is 0.00584. The molecule has 6 nitrogen and oxygen atoms in total. The van der Waals surface area contributed by atoms with E-state index in [1.165, 1.54) is 13.8 Å². The van der Waals surface area contributed by atoms with E-state index in [1.807, 2.05) is 0 Å². The van der Waals surface area contributed by atoms with Crippen molar-refractivity contribution < 1.29 is 23.8 Å². The number of Topliss-reactive ketones (excluding diaryl/α,β-unsaturated/α-hetero) is 1. The van der Waals surface area contributed by atoms with Gasteiger partial charge in [0.15, 0.2) is 5.78 Å². The van der Waals surface area contributed by atoms with Crippen molar-refractivity contribution in [3.63, 3.8) is 0 Å². The van der Waals surface area contributed by atoms with Gasteiger partial charge in [-0.1, -0.05) is 0 Å². The van der Waals surface area contributed by atoms with Crippen LogP contribution in [0.15, 0.2) is 0 Å². The van der Waals surface area contributed by atoms with E-state index in [-0.39, 0.29) is 18.3 Å². The van der Waals surface area contributed by atoms with Crippen LogP contribution in [-0.2, 0) is 23.8 Å². The van der Waals surface area contributed by atoms with Crippen LogP contribution in [0, 0.1) is 0 Å². The second kappa shape index (κ2) is 11.5. The van der Waals surface area contributed by atoms with Crippen molar-refractivity contribution in [1.82, 2.24) is 5.32 Å². The molecule has 0 aliphatic carbocycles. The molecular formula is C11H21NO5. The second-order valence-electron chi connectivity index (χ2n) is 3.46. The summed E-state index contributed by atoms with van der Waals surface area (Å²) in [6, 6.07) is 0. The van der Waals surface area contributed by atoms with Crippen LogP contribution in [0.2, 0.25) is 0 Å². The van der Waals surface area contributed by atoms with E-state index in [9.17, 15) is 9.59 Å². The number of carbonyl (C=O) groups is 2. The lowest BCUT2D eigenvalue weighted by Crippen LogP contribution is -2.25. The largest absolute Gasteiger partial charge is 0.377 e. The number of hydrogen-bond donors (Lipinski definition) is 1. The summed E-state index contributed by atoms with van der Waals surface area (Å²) in [6.07, 6.45) is 0. The fraction of sp³-hybridized carbons (Fsp3) is 0.818. The third-order valence-electron chi connectivity index (χ3n) is 1.67. The first-order valence-corrected chi connectivity index (χ1v) is 5.60. The molecular weight excluding hydrogens is 226 g/mol. The summed E-state index contributed by atoms with van der Waals surface area (Å²) in [5.74, 6) is -0.0567. The molecule has 0 aromatic rings. The smallest absolute Gasteiger partial charge is 0.216 e. The summed E-state index contributed by atoms with van der Waals surface area (Å²) in [4.78, 5) is 21.0. The van der Waals surface area contributed by atoms with Gasteiger partial charge in [0.05, 0.1) is 33.0 Å². The van der Waals surface area contributed by atoms with Gasteiger partial charge >= 0.3 is 0 Å². The number of amides is 1. The molecule has 17 heavy (non-hydrogen) atoms. The molecule has 0 spiro atoms. The van der Waals surface area contributed by atoms with Crippen LogP contribution in [0.4, 0.5) is 0 Å². The Labute approximate surface area is 102 Å². The quantitative estimate of drug-likeness (QED) is 0.510. The van der Waals surface area contributed by atoms with Gasteiger partial charge < -0.3 is 19.5 Å². The number of ether oxygens (including phenoxy) is 3. The van der Waals surface area contributed by atoms with Crippen molar-refractivity contribution in [2.75, 3.05) is 46.2 Å². The molecule has 0 rings (SSSR count). The van der Waals surface area contributed by atoms with Gasteiger partial charge in [-0.15, -0.1) is 0 Å². The molecule has 0 radical (unpaired) electrons. The lowest BCUT2D eigenvalue weighted by Gasteiger charge is -2.06. The maximum Gasteiger partial charge on any atom is 0.216 e.